The average molecular weight is 314 g/mol. The molecular weight excluding hydrogens is 294 g/mol. The van der Waals surface area contributed by atoms with Gasteiger partial charge in [0.25, 0.3) is 5.56 Å². The lowest BCUT2D eigenvalue weighted by Crippen LogP contribution is -2.29. The maximum Gasteiger partial charge on any atom is 0.291 e. The van der Waals surface area contributed by atoms with Crippen LogP contribution in [0.3, 0.4) is 0 Å². The van der Waals surface area contributed by atoms with Gasteiger partial charge >= 0.3 is 0 Å². The fraction of sp³-hybridized carbons (Fsp3) is 0.714. The van der Waals surface area contributed by atoms with Crippen LogP contribution in [0, 0.1) is 5.92 Å². The lowest BCUT2D eigenvalue weighted by atomic mass is 10.2. The molecule has 0 radical (unpaired) electrons. The lowest BCUT2D eigenvalue weighted by Gasteiger charge is -2.22. The summed E-state index contributed by atoms with van der Waals surface area (Å²) >= 11 is 8.12. The third-order valence-corrected chi connectivity index (χ3v) is 5.59. The minimum atomic E-state index is -0.0785. The first-order chi connectivity index (χ1) is 9.74. The van der Waals surface area contributed by atoms with E-state index in [-0.39, 0.29) is 5.56 Å². The predicted molar refractivity (Wildman–Crippen MR) is 84.8 cm³/mol. The number of halogens is 1. The van der Waals surface area contributed by atoms with Gasteiger partial charge in [-0.1, -0.05) is 18.0 Å². The first-order valence-corrected chi connectivity index (χ1v) is 8.78. The van der Waals surface area contributed by atoms with E-state index in [9.17, 15) is 4.79 Å². The van der Waals surface area contributed by atoms with E-state index in [0.717, 1.165) is 13.1 Å². The number of aromatic nitrogens is 2. The third-order valence-electron chi connectivity index (χ3n) is 3.91. The molecule has 1 aliphatic heterocycles. The van der Waals surface area contributed by atoms with E-state index in [1.165, 1.54) is 37.9 Å². The summed E-state index contributed by atoms with van der Waals surface area (Å²) in [5.74, 6) is 1.85. The first-order valence-electron chi connectivity index (χ1n) is 7.35. The van der Waals surface area contributed by atoms with E-state index in [4.69, 9.17) is 11.6 Å². The summed E-state index contributed by atoms with van der Waals surface area (Å²) in [4.78, 5) is 12.4. The summed E-state index contributed by atoms with van der Waals surface area (Å²) in [7, 11) is 0. The summed E-state index contributed by atoms with van der Waals surface area (Å²) in [5.41, 5.74) is 0.443. The van der Waals surface area contributed by atoms with Crippen molar-refractivity contribution in [2.75, 3.05) is 17.6 Å². The van der Waals surface area contributed by atoms with E-state index >= 15 is 0 Å². The molecule has 0 spiro atoms. The number of hydrogen-bond acceptors (Lipinski definition) is 4. The highest BCUT2D eigenvalue weighted by atomic mass is 35.5. The fourth-order valence-corrected chi connectivity index (χ4v) is 3.92. The zero-order valence-corrected chi connectivity index (χ0v) is 13.1. The summed E-state index contributed by atoms with van der Waals surface area (Å²) in [6.07, 6.45) is 7.81. The standard InChI is InChI=1S/C14H20ClN3OS/c15-12-8-17-18(9-10-4-5-10)14(19)13(12)16-7-11-3-1-2-6-20-11/h8,10-11,16H,1-7,9H2. The van der Waals surface area contributed by atoms with Gasteiger partial charge in [0, 0.05) is 18.3 Å². The molecule has 1 saturated heterocycles. The molecule has 0 amide bonds. The molecule has 1 aromatic heterocycles. The quantitative estimate of drug-likeness (QED) is 0.907. The lowest BCUT2D eigenvalue weighted by molar-refractivity contribution is 0.534. The fourth-order valence-electron chi connectivity index (χ4n) is 2.49. The Balaban J connectivity index is 1.68. The van der Waals surface area contributed by atoms with Crippen molar-refractivity contribution in [2.45, 2.75) is 43.9 Å². The molecule has 0 bridgehead atoms. The number of rotatable bonds is 5. The van der Waals surface area contributed by atoms with Crippen molar-refractivity contribution in [3.05, 3.63) is 21.6 Å². The number of nitrogens with zero attached hydrogens (tertiary/aromatic N) is 2. The molecular formula is C14H20ClN3OS. The van der Waals surface area contributed by atoms with E-state index in [0.29, 0.717) is 21.9 Å². The molecule has 1 aliphatic carbocycles. The Kier molecular flexibility index (Phi) is 4.56. The molecule has 1 unspecified atom stereocenters. The number of anilines is 1. The predicted octanol–water partition coefficient (Wildman–Crippen LogP) is 3.00. The van der Waals surface area contributed by atoms with Crippen LogP contribution in [0.1, 0.15) is 32.1 Å². The molecule has 20 heavy (non-hydrogen) atoms. The maximum atomic E-state index is 12.4. The van der Waals surface area contributed by atoms with Crippen LogP contribution in [0.15, 0.2) is 11.0 Å². The molecule has 4 nitrogen and oxygen atoms in total. The second-order valence-electron chi connectivity index (χ2n) is 5.67. The molecule has 2 heterocycles. The van der Waals surface area contributed by atoms with Crippen LogP contribution in [-0.2, 0) is 6.54 Å². The van der Waals surface area contributed by atoms with E-state index < -0.39 is 0 Å². The number of hydrogen-bond donors (Lipinski definition) is 1. The van der Waals surface area contributed by atoms with Gasteiger partial charge in [-0.05, 0) is 37.4 Å². The van der Waals surface area contributed by atoms with Crippen molar-refractivity contribution >= 4 is 29.1 Å². The molecule has 110 valence electrons. The first kappa shape index (κ1) is 14.3. The number of nitrogens with one attached hydrogen (secondary N) is 1. The van der Waals surface area contributed by atoms with Crippen molar-refractivity contribution in [3.8, 4) is 0 Å². The van der Waals surface area contributed by atoms with Crippen molar-refractivity contribution in [1.82, 2.24) is 9.78 Å². The molecule has 2 fully saturated rings. The average Bonchev–Trinajstić information content (AvgIpc) is 3.27. The minimum Gasteiger partial charge on any atom is -0.378 e. The van der Waals surface area contributed by atoms with Crippen LogP contribution in [0.2, 0.25) is 5.02 Å². The summed E-state index contributed by atoms with van der Waals surface area (Å²) in [5, 5.41) is 8.42. The van der Waals surface area contributed by atoms with Crippen molar-refractivity contribution in [1.29, 1.82) is 0 Å². The molecule has 1 N–H and O–H groups in total. The third kappa shape index (κ3) is 3.50. The highest BCUT2D eigenvalue weighted by Crippen LogP contribution is 2.30. The molecule has 3 rings (SSSR count). The Hall–Kier alpha value is -0.680. The second kappa shape index (κ2) is 6.39. The van der Waals surface area contributed by atoms with Gasteiger partial charge in [0.05, 0.1) is 11.2 Å². The van der Waals surface area contributed by atoms with Gasteiger partial charge in [0.2, 0.25) is 0 Å². The van der Waals surface area contributed by atoms with Crippen LogP contribution in [0.4, 0.5) is 5.69 Å². The maximum absolute atomic E-state index is 12.4. The highest BCUT2D eigenvalue weighted by molar-refractivity contribution is 7.99. The van der Waals surface area contributed by atoms with Crippen LogP contribution in [-0.4, -0.2) is 27.3 Å². The van der Waals surface area contributed by atoms with Gasteiger partial charge in [-0.2, -0.15) is 16.9 Å². The van der Waals surface area contributed by atoms with Crippen molar-refractivity contribution < 1.29 is 0 Å². The summed E-state index contributed by atoms with van der Waals surface area (Å²) in [6.45, 7) is 1.54. The Bertz CT molecular complexity index is 524. The SMILES string of the molecule is O=c1c(NCC2CCCCS2)c(Cl)cnn1CC1CC1. The van der Waals surface area contributed by atoms with E-state index in [1.54, 1.807) is 10.9 Å². The normalized spacial score (nSPS) is 22.8. The van der Waals surface area contributed by atoms with E-state index in [1.807, 2.05) is 11.8 Å². The van der Waals surface area contributed by atoms with Crippen molar-refractivity contribution in [2.24, 2.45) is 5.92 Å². The van der Waals surface area contributed by atoms with Gasteiger partial charge in [-0.15, -0.1) is 0 Å². The molecule has 0 aromatic carbocycles. The molecule has 1 saturated carbocycles. The van der Waals surface area contributed by atoms with Gasteiger partial charge in [-0.25, -0.2) is 4.68 Å². The highest BCUT2D eigenvalue weighted by Gasteiger charge is 2.24. The second-order valence-corrected chi connectivity index (χ2v) is 7.48. The van der Waals surface area contributed by atoms with Crippen LogP contribution in [0.25, 0.3) is 0 Å². The largest absolute Gasteiger partial charge is 0.378 e. The zero-order valence-electron chi connectivity index (χ0n) is 11.5. The molecule has 2 aliphatic rings. The minimum absolute atomic E-state index is 0.0785. The van der Waals surface area contributed by atoms with Gasteiger partial charge in [0.15, 0.2) is 0 Å². The Morgan fingerprint density at radius 1 is 1.40 bits per heavy atom. The smallest absolute Gasteiger partial charge is 0.291 e. The van der Waals surface area contributed by atoms with Gasteiger partial charge in [0.1, 0.15) is 5.69 Å². The number of thioether (sulfide) groups is 1. The zero-order chi connectivity index (χ0) is 13.9. The van der Waals surface area contributed by atoms with Gasteiger partial charge < -0.3 is 5.32 Å². The molecule has 1 aromatic rings. The van der Waals surface area contributed by atoms with Crippen LogP contribution in [0.5, 0.6) is 0 Å². The molecule has 6 heteroatoms. The summed E-state index contributed by atoms with van der Waals surface area (Å²) < 4.78 is 1.56. The Morgan fingerprint density at radius 3 is 2.95 bits per heavy atom. The Labute approximate surface area is 128 Å². The summed E-state index contributed by atoms with van der Waals surface area (Å²) in [6, 6.07) is 0. The van der Waals surface area contributed by atoms with Crippen LogP contribution < -0.4 is 10.9 Å². The van der Waals surface area contributed by atoms with Gasteiger partial charge in [-0.3, -0.25) is 4.79 Å². The van der Waals surface area contributed by atoms with E-state index in [2.05, 4.69) is 10.4 Å². The van der Waals surface area contributed by atoms with Crippen molar-refractivity contribution in [3.63, 3.8) is 0 Å². The molecule has 1 atom stereocenters. The topological polar surface area (TPSA) is 46.9 Å². The Morgan fingerprint density at radius 2 is 2.25 bits per heavy atom. The van der Waals surface area contributed by atoms with Crippen LogP contribution >= 0.6 is 23.4 Å². The monoisotopic (exact) mass is 313 g/mol.